The van der Waals surface area contributed by atoms with Crippen molar-refractivity contribution in [2.24, 2.45) is 0 Å². The van der Waals surface area contributed by atoms with Gasteiger partial charge in [-0.2, -0.15) is 0 Å². The zero-order valence-electron chi connectivity index (χ0n) is 10.0. The Labute approximate surface area is 101 Å². The molecule has 0 bridgehead atoms. The first-order valence-corrected chi connectivity index (χ1v) is 5.74. The fraction of sp³-hybridized carbons (Fsp3) is 0.667. The Balaban J connectivity index is 2.68. The van der Waals surface area contributed by atoms with Gasteiger partial charge in [0.2, 0.25) is 0 Å². The number of carboxylic acids is 1. The Bertz CT molecular complexity index is 348. The summed E-state index contributed by atoms with van der Waals surface area (Å²) in [5, 5.41) is 11.9. The zero-order valence-corrected chi connectivity index (χ0v) is 10.0. The first kappa shape index (κ1) is 13.4. The Morgan fingerprint density at radius 3 is 2.82 bits per heavy atom. The lowest BCUT2D eigenvalue weighted by Gasteiger charge is -2.41. The number of terminal acetylenes is 1. The quantitative estimate of drug-likeness (QED) is 0.570. The second-order valence-corrected chi connectivity index (χ2v) is 4.37. The SMILES string of the molecule is C#CCCNC(=O)N1CCCCC1(C)C(=O)O. The molecule has 1 heterocycles. The second-order valence-electron chi connectivity index (χ2n) is 4.37. The standard InChI is InChI=1S/C12H18N2O3/c1-3-4-8-13-11(17)14-9-6-5-7-12(14,2)10(15)16/h1H,4-9H2,2H3,(H,13,17)(H,15,16). The van der Waals surface area contributed by atoms with Crippen molar-refractivity contribution in [2.45, 2.75) is 38.1 Å². The van der Waals surface area contributed by atoms with Crippen molar-refractivity contribution in [2.75, 3.05) is 13.1 Å². The first-order valence-electron chi connectivity index (χ1n) is 5.74. The lowest BCUT2D eigenvalue weighted by atomic mass is 9.89. The van der Waals surface area contributed by atoms with Crippen LogP contribution in [-0.2, 0) is 4.79 Å². The molecule has 0 saturated carbocycles. The number of nitrogens with zero attached hydrogens (tertiary/aromatic N) is 1. The van der Waals surface area contributed by atoms with Gasteiger partial charge in [0.25, 0.3) is 0 Å². The summed E-state index contributed by atoms with van der Waals surface area (Å²) in [6.45, 7) is 2.45. The minimum absolute atomic E-state index is 0.343. The van der Waals surface area contributed by atoms with E-state index in [1.165, 1.54) is 4.90 Å². The number of rotatable bonds is 3. The van der Waals surface area contributed by atoms with E-state index < -0.39 is 11.5 Å². The number of aliphatic carboxylic acids is 1. The van der Waals surface area contributed by atoms with Gasteiger partial charge >= 0.3 is 12.0 Å². The molecule has 1 aliphatic heterocycles. The summed E-state index contributed by atoms with van der Waals surface area (Å²) in [4.78, 5) is 24.5. The van der Waals surface area contributed by atoms with Crippen molar-refractivity contribution >= 4 is 12.0 Å². The van der Waals surface area contributed by atoms with E-state index in [0.29, 0.717) is 25.9 Å². The third kappa shape index (κ3) is 2.90. The van der Waals surface area contributed by atoms with Crippen molar-refractivity contribution in [3.63, 3.8) is 0 Å². The molecule has 17 heavy (non-hydrogen) atoms. The predicted octanol–water partition coefficient (Wildman–Crippen LogP) is 1.05. The average molecular weight is 238 g/mol. The van der Waals surface area contributed by atoms with Crippen LogP contribution >= 0.6 is 0 Å². The van der Waals surface area contributed by atoms with Crippen LogP contribution in [0, 0.1) is 12.3 Å². The fourth-order valence-electron chi connectivity index (χ4n) is 2.01. The van der Waals surface area contributed by atoms with Crippen LogP contribution < -0.4 is 5.32 Å². The molecule has 94 valence electrons. The Morgan fingerprint density at radius 2 is 2.24 bits per heavy atom. The highest BCUT2D eigenvalue weighted by Crippen LogP contribution is 2.28. The van der Waals surface area contributed by atoms with Gasteiger partial charge in [0.1, 0.15) is 5.54 Å². The smallest absolute Gasteiger partial charge is 0.329 e. The third-order valence-corrected chi connectivity index (χ3v) is 3.14. The number of nitrogens with one attached hydrogen (secondary N) is 1. The molecule has 5 heteroatoms. The molecule has 2 amide bonds. The maximum Gasteiger partial charge on any atom is 0.329 e. The van der Waals surface area contributed by atoms with Crippen molar-refractivity contribution in [3.8, 4) is 12.3 Å². The maximum absolute atomic E-state index is 11.9. The van der Waals surface area contributed by atoms with Crippen LogP contribution in [0.25, 0.3) is 0 Å². The highest BCUT2D eigenvalue weighted by atomic mass is 16.4. The molecule has 0 aromatic rings. The van der Waals surface area contributed by atoms with Gasteiger partial charge in [0, 0.05) is 19.5 Å². The molecule has 0 aliphatic carbocycles. The molecule has 1 fully saturated rings. The largest absolute Gasteiger partial charge is 0.480 e. The van der Waals surface area contributed by atoms with Crippen molar-refractivity contribution < 1.29 is 14.7 Å². The molecule has 1 atom stereocenters. The summed E-state index contributed by atoms with van der Waals surface area (Å²) in [7, 11) is 0. The summed E-state index contributed by atoms with van der Waals surface area (Å²) >= 11 is 0. The molecule has 1 aliphatic rings. The fourth-order valence-corrected chi connectivity index (χ4v) is 2.01. The van der Waals surface area contributed by atoms with Crippen molar-refractivity contribution in [1.82, 2.24) is 10.2 Å². The number of piperidine rings is 1. The lowest BCUT2D eigenvalue weighted by molar-refractivity contribution is -0.150. The number of hydrogen-bond donors (Lipinski definition) is 2. The number of hydrogen-bond acceptors (Lipinski definition) is 2. The number of carbonyl (C=O) groups is 2. The topological polar surface area (TPSA) is 69.6 Å². The van der Waals surface area contributed by atoms with E-state index in [4.69, 9.17) is 6.42 Å². The summed E-state index contributed by atoms with van der Waals surface area (Å²) in [6.07, 6.45) is 7.69. The molecular weight excluding hydrogens is 220 g/mol. The molecule has 0 aromatic carbocycles. The zero-order chi connectivity index (χ0) is 12.9. The molecule has 2 N–H and O–H groups in total. The summed E-state index contributed by atoms with van der Waals surface area (Å²) in [5.74, 6) is 1.47. The van der Waals surface area contributed by atoms with Gasteiger partial charge in [-0.05, 0) is 26.2 Å². The first-order chi connectivity index (χ1) is 8.02. The van der Waals surface area contributed by atoms with Gasteiger partial charge in [-0.3, -0.25) is 0 Å². The lowest BCUT2D eigenvalue weighted by Crippen LogP contribution is -2.60. The maximum atomic E-state index is 11.9. The monoisotopic (exact) mass is 238 g/mol. The molecular formula is C12H18N2O3. The molecule has 0 aromatic heterocycles. The molecule has 1 rings (SSSR count). The van der Waals surface area contributed by atoms with Crippen LogP contribution in [-0.4, -0.2) is 40.6 Å². The highest BCUT2D eigenvalue weighted by Gasteiger charge is 2.43. The summed E-state index contributed by atoms with van der Waals surface area (Å²) in [6, 6.07) is -0.343. The number of carboxylic acid groups (broad SMARTS) is 1. The van der Waals surface area contributed by atoms with Crippen LogP contribution in [0.1, 0.15) is 32.6 Å². The van der Waals surface area contributed by atoms with Gasteiger partial charge in [-0.15, -0.1) is 12.3 Å². The summed E-state index contributed by atoms with van der Waals surface area (Å²) in [5.41, 5.74) is -1.10. The van der Waals surface area contributed by atoms with E-state index in [0.717, 1.165) is 12.8 Å². The van der Waals surface area contributed by atoms with Crippen LogP contribution in [0.5, 0.6) is 0 Å². The highest BCUT2D eigenvalue weighted by molar-refractivity contribution is 5.86. The Kier molecular flexibility index (Phi) is 4.38. The summed E-state index contributed by atoms with van der Waals surface area (Å²) < 4.78 is 0. The number of amides is 2. The molecule has 5 nitrogen and oxygen atoms in total. The molecule has 0 spiro atoms. The van der Waals surface area contributed by atoms with Crippen LogP contribution in [0.3, 0.4) is 0 Å². The number of likely N-dealkylation sites (tertiary alicyclic amines) is 1. The molecule has 1 unspecified atom stereocenters. The van der Waals surface area contributed by atoms with Gasteiger partial charge < -0.3 is 15.3 Å². The van der Waals surface area contributed by atoms with Gasteiger partial charge in [0.05, 0.1) is 0 Å². The van der Waals surface area contributed by atoms with E-state index >= 15 is 0 Å². The molecule has 1 saturated heterocycles. The van der Waals surface area contributed by atoms with Gasteiger partial charge in [-0.25, -0.2) is 9.59 Å². The average Bonchev–Trinajstić information content (AvgIpc) is 2.29. The normalized spacial score (nSPS) is 23.9. The number of urea groups is 1. The van der Waals surface area contributed by atoms with E-state index in [9.17, 15) is 14.7 Å². The third-order valence-electron chi connectivity index (χ3n) is 3.14. The predicted molar refractivity (Wildman–Crippen MR) is 63.4 cm³/mol. The van der Waals surface area contributed by atoms with Crippen LogP contribution in [0.2, 0.25) is 0 Å². The Morgan fingerprint density at radius 1 is 1.53 bits per heavy atom. The van der Waals surface area contributed by atoms with Crippen molar-refractivity contribution in [3.05, 3.63) is 0 Å². The van der Waals surface area contributed by atoms with Crippen LogP contribution in [0.4, 0.5) is 4.79 Å². The molecule has 0 radical (unpaired) electrons. The van der Waals surface area contributed by atoms with Gasteiger partial charge in [-0.1, -0.05) is 0 Å². The number of carbonyl (C=O) groups excluding carboxylic acids is 1. The van der Waals surface area contributed by atoms with E-state index in [-0.39, 0.29) is 6.03 Å². The second kappa shape index (κ2) is 5.58. The van der Waals surface area contributed by atoms with Crippen molar-refractivity contribution in [1.29, 1.82) is 0 Å². The van der Waals surface area contributed by atoms with Gasteiger partial charge in [0.15, 0.2) is 0 Å². The van der Waals surface area contributed by atoms with E-state index in [1.54, 1.807) is 6.92 Å². The Hall–Kier alpha value is -1.70. The minimum Gasteiger partial charge on any atom is -0.480 e. The van der Waals surface area contributed by atoms with E-state index in [1.807, 2.05) is 0 Å². The van der Waals surface area contributed by atoms with Crippen LogP contribution in [0.15, 0.2) is 0 Å². The van der Waals surface area contributed by atoms with E-state index in [2.05, 4.69) is 11.2 Å². The minimum atomic E-state index is -1.10.